The molecule has 2 atom stereocenters. The van der Waals surface area contributed by atoms with E-state index in [0.717, 1.165) is 12.3 Å². The molecule has 0 amide bonds. The predicted molar refractivity (Wildman–Crippen MR) is 58.6 cm³/mol. The lowest BCUT2D eigenvalue weighted by molar-refractivity contribution is 0.0169. The standard InChI is InChI=1S/C9H11ClFNO2S/c10-9-6(3-5(11)4-12-9)8(14)7(13)1-2-15/h3-4,7-8,13-15H,1-2H2. The molecule has 2 N–H and O–H groups in total. The molecule has 0 radical (unpaired) electrons. The summed E-state index contributed by atoms with van der Waals surface area (Å²) in [6, 6.07) is 1.06. The average molecular weight is 252 g/mol. The summed E-state index contributed by atoms with van der Waals surface area (Å²) in [6.07, 6.45) is -1.03. The maximum absolute atomic E-state index is 12.8. The zero-order valence-electron chi connectivity index (χ0n) is 7.77. The highest BCUT2D eigenvalue weighted by Crippen LogP contribution is 2.25. The van der Waals surface area contributed by atoms with E-state index >= 15 is 0 Å². The minimum absolute atomic E-state index is 0.0119. The Bertz CT molecular complexity index is 340. The molecule has 0 aromatic carbocycles. The molecule has 6 heteroatoms. The summed E-state index contributed by atoms with van der Waals surface area (Å²) in [5, 5.41) is 19.1. The molecule has 1 aromatic heterocycles. The molecule has 0 saturated heterocycles. The third-order valence-corrected chi connectivity index (χ3v) is 2.51. The Kier molecular flexibility index (Phi) is 4.79. The highest BCUT2D eigenvalue weighted by atomic mass is 35.5. The Morgan fingerprint density at radius 1 is 1.53 bits per heavy atom. The molecular formula is C9H11ClFNO2S. The highest BCUT2D eigenvalue weighted by Gasteiger charge is 2.21. The van der Waals surface area contributed by atoms with E-state index in [4.69, 9.17) is 11.6 Å². The summed E-state index contributed by atoms with van der Waals surface area (Å²) in [6.45, 7) is 0. The first-order chi connectivity index (χ1) is 7.06. The molecule has 3 nitrogen and oxygen atoms in total. The molecule has 2 unspecified atom stereocenters. The molecule has 0 spiro atoms. The minimum atomic E-state index is -1.24. The van der Waals surface area contributed by atoms with Crippen LogP contribution < -0.4 is 0 Å². The number of aliphatic hydroxyl groups is 2. The van der Waals surface area contributed by atoms with Crippen LogP contribution in [0.4, 0.5) is 4.39 Å². The molecule has 0 aliphatic heterocycles. The third kappa shape index (κ3) is 3.31. The SMILES string of the molecule is OC(CCS)C(O)c1cc(F)cnc1Cl. The molecule has 15 heavy (non-hydrogen) atoms. The zero-order chi connectivity index (χ0) is 11.4. The van der Waals surface area contributed by atoms with Crippen molar-refractivity contribution in [2.75, 3.05) is 5.75 Å². The average Bonchev–Trinajstić information content (AvgIpc) is 2.21. The second-order valence-corrected chi connectivity index (χ2v) is 3.86. The van der Waals surface area contributed by atoms with Gasteiger partial charge in [0.25, 0.3) is 0 Å². The van der Waals surface area contributed by atoms with E-state index in [-0.39, 0.29) is 17.1 Å². The van der Waals surface area contributed by atoms with Gasteiger partial charge < -0.3 is 10.2 Å². The van der Waals surface area contributed by atoms with E-state index in [1.165, 1.54) is 0 Å². The van der Waals surface area contributed by atoms with Crippen LogP contribution in [-0.4, -0.2) is 27.1 Å². The van der Waals surface area contributed by atoms with Gasteiger partial charge in [0, 0.05) is 5.56 Å². The normalized spacial score (nSPS) is 15.0. The van der Waals surface area contributed by atoms with E-state index in [0.29, 0.717) is 5.75 Å². The van der Waals surface area contributed by atoms with Crippen LogP contribution in [-0.2, 0) is 0 Å². The zero-order valence-corrected chi connectivity index (χ0v) is 9.42. The Balaban J connectivity index is 2.89. The summed E-state index contributed by atoms with van der Waals surface area (Å²) in [7, 11) is 0. The minimum Gasteiger partial charge on any atom is -0.390 e. The lowest BCUT2D eigenvalue weighted by Crippen LogP contribution is -2.19. The summed E-state index contributed by atoms with van der Waals surface area (Å²) in [5.41, 5.74) is 0.0888. The van der Waals surface area contributed by atoms with Crippen molar-refractivity contribution in [3.05, 3.63) is 28.8 Å². The van der Waals surface area contributed by atoms with Crippen LogP contribution in [0, 0.1) is 5.82 Å². The number of rotatable bonds is 4. The number of pyridine rings is 1. The van der Waals surface area contributed by atoms with Crippen molar-refractivity contribution >= 4 is 24.2 Å². The topological polar surface area (TPSA) is 53.4 Å². The van der Waals surface area contributed by atoms with Crippen LogP contribution in [0.1, 0.15) is 18.1 Å². The summed E-state index contributed by atoms with van der Waals surface area (Å²) >= 11 is 9.59. The van der Waals surface area contributed by atoms with Gasteiger partial charge in [-0.05, 0) is 18.2 Å². The maximum Gasteiger partial charge on any atom is 0.141 e. The number of aliphatic hydroxyl groups excluding tert-OH is 2. The number of hydrogen-bond acceptors (Lipinski definition) is 4. The van der Waals surface area contributed by atoms with Gasteiger partial charge in [0.05, 0.1) is 12.3 Å². The highest BCUT2D eigenvalue weighted by molar-refractivity contribution is 7.80. The van der Waals surface area contributed by atoms with Crippen LogP contribution in [0.2, 0.25) is 5.15 Å². The van der Waals surface area contributed by atoms with Gasteiger partial charge in [0.15, 0.2) is 0 Å². The summed E-state index contributed by atoms with van der Waals surface area (Å²) in [5.74, 6) is -0.190. The van der Waals surface area contributed by atoms with E-state index in [1.54, 1.807) is 0 Å². The van der Waals surface area contributed by atoms with E-state index in [9.17, 15) is 14.6 Å². The summed E-state index contributed by atoms with van der Waals surface area (Å²) < 4.78 is 12.8. The van der Waals surface area contributed by atoms with Crippen molar-refractivity contribution in [1.29, 1.82) is 0 Å². The number of thiol groups is 1. The predicted octanol–water partition coefficient (Wildman–Crippen LogP) is 1.59. The first-order valence-corrected chi connectivity index (χ1v) is 5.35. The van der Waals surface area contributed by atoms with Gasteiger partial charge in [-0.2, -0.15) is 12.6 Å². The number of halogens is 2. The lowest BCUT2D eigenvalue weighted by Gasteiger charge is -2.17. The van der Waals surface area contributed by atoms with Crippen LogP contribution in [0.3, 0.4) is 0 Å². The molecule has 0 aliphatic rings. The number of hydrogen-bond donors (Lipinski definition) is 3. The molecular weight excluding hydrogens is 241 g/mol. The van der Waals surface area contributed by atoms with Crippen LogP contribution in [0.5, 0.6) is 0 Å². The summed E-state index contributed by atoms with van der Waals surface area (Å²) in [4.78, 5) is 3.54. The maximum atomic E-state index is 12.8. The Morgan fingerprint density at radius 3 is 2.80 bits per heavy atom. The molecule has 0 saturated carbocycles. The smallest absolute Gasteiger partial charge is 0.141 e. The van der Waals surface area contributed by atoms with E-state index in [1.807, 2.05) is 0 Å². The van der Waals surface area contributed by atoms with Gasteiger partial charge in [0.1, 0.15) is 17.1 Å². The second-order valence-electron chi connectivity index (χ2n) is 3.06. The number of aromatic nitrogens is 1. The second kappa shape index (κ2) is 5.65. The van der Waals surface area contributed by atoms with Gasteiger partial charge in [-0.3, -0.25) is 0 Å². The van der Waals surface area contributed by atoms with Crippen LogP contribution >= 0.6 is 24.2 Å². The molecule has 0 bridgehead atoms. The van der Waals surface area contributed by atoms with Crippen molar-refractivity contribution in [2.24, 2.45) is 0 Å². The fourth-order valence-electron chi connectivity index (χ4n) is 1.14. The lowest BCUT2D eigenvalue weighted by atomic mass is 10.0. The quantitative estimate of drug-likeness (QED) is 0.563. The van der Waals surface area contributed by atoms with E-state index < -0.39 is 18.0 Å². The third-order valence-electron chi connectivity index (χ3n) is 1.94. The Labute approximate surface area is 97.3 Å². The fraction of sp³-hybridized carbons (Fsp3) is 0.444. The first kappa shape index (κ1) is 12.7. The van der Waals surface area contributed by atoms with E-state index in [2.05, 4.69) is 17.6 Å². The van der Waals surface area contributed by atoms with Gasteiger partial charge in [-0.25, -0.2) is 9.37 Å². The molecule has 84 valence electrons. The van der Waals surface area contributed by atoms with Crippen molar-refractivity contribution in [3.63, 3.8) is 0 Å². The van der Waals surface area contributed by atoms with Gasteiger partial charge in [-0.1, -0.05) is 11.6 Å². The van der Waals surface area contributed by atoms with Crippen molar-refractivity contribution in [3.8, 4) is 0 Å². The molecule has 1 aromatic rings. The van der Waals surface area contributed by atoms with Crippen molar-refractivity contribution < 1.29 is 14.6 Å². The van der Waals surface area contributed by atoms with Gasteiger partial charge in [-0.15, -0.1) is 0 Å². The monoisotopic (exact) mass is 251 g/mol. The Morgan fingerprint density at radius 2 is 2.20 bits per heavy atom. The van der Waals surface area contributed by atoms with Crippen LogP contribution in [0.25, 0.3) is 0 Å². The van der Waals surface area contributed by atoms with Crippen molar-refractivity contribution in [2.45, 2.75) is 18.6 Å². The molecule has 1 heterocycles. The molecule has 0 fully saturated rings. The van der Waals surface area contributed by atoms with Crippen LogP contribution in [0.15, 0.2) is 12.3 Å². The number of nitrogens with zero attached hydrogens (tertiary/aromatic N) is 1. The fourth-order valence-corrected chi connectivity index (χ4v) is 1.62. The molecule has 1 rings (SSSR count). The molecule has 0 aliphatic carbocycles. The van der Waals surface area contributed by atoms with Gasteiger partial charge >= 0.3 is 0 Å². The first-order valence-electron chi connectivity index (χ1n) is 4.34. The van der Waals surface area contributed by atoms with Crippen molar-refractivity contribution in [1.82, 2.24) is 4.98 Å². The largest absolute Gasteiger partial charge is 0.390 e. The Hall–Kier alpha value is -0.360. The van der Waals surface area contributed by atoms with Gasteiger partial charge in [0.2, 0.25) is 0 Å².